The topological polar surface area (TPSA) is 49.4 Å². The number of hydrogen-bond donors (Lipinski definition) is 1. The maximum absolute atomic E-state index is 12.7. The van der Waals surface area contributed by atoms with Crippen LogP contribution in [-0.4, -0.2) is 16.9 Å². The number of hydrogen-bond acceptors (Lipinski definition) is 4. The highest BCUT2D eigenvalue weighted by Gasteiger charge is 2.34. The normalized spacial score (nSPS) is 17.0. The molecular formula is C16H12N2O2S2. The van der Waals surface area contributed by atoms with E-state index >= 15 is 0 Å². The number of aryl methyl sites for hydroxylation is 1. The highest BCUT2D eigenvalue weighted by molar-refractivity contribution is 7.80. The quantitative estimate of drug-likeness (QED) is 0.524. The first-order valence-corrected chi connectivity index (χ1v) is 7.86. The number of nitrogens with zero attached hydrogens (tertiary/aromatic N) is 1. The van der Waals surface area contributed by atoms with Crippen LogP contribution in [0.2, 0.25) is 0 Å². The number of amides is 2. The SMILES string of the molecule is Cc1ccc(N2C(=O)C(=Cc3cccs3)C(=O)NC2=S)cc1. The molecule has 1 fully saturated rings. The summed E-state index contributed by atoms with van der Waals surface area (Å²) in [5.74, 6) is -0.877. The Morgan fingerprint density at radius 3 is 2.55 bits per heavy atom. The molecule has 4 nitrogen and oxygen atoms in total. The van der Waals surface area contributed by atoms with Crippen molar-refractivity contribution in [3.8, 4) is 0 Å². The first kappa shape index (κ1) is 14.6. The van der Waals surface area contributed by atoms with E-state index in [-0.39, 0.29) is 10.7 Å². The smallest absolute Gasteiger partial charge is 0.270 e. The summed E-state index contributed by atoms with van der Waals surface area (Å²) in [4.78, 5) is 26.9. The van der Waals surface area contributed by atoms with Crippen LogP contribution in [0, 0.1) is 6.92 Å². The van der Waals surface area contributed by atoms with Crippen LogP contribution >= 0.6 is 23.6 Å². The van der Waals surface area contributed by atoms with Gasteiger partial charge in [0.2, 0.25) is 0 Å². The maximum atomic E-state index is 12.7. The van der Waals surface area contributed by atoms with E-state index in [2.05, 4.69) is 5.32 Å². The van der Waals surface area contributed by atoms with E-state index in [1.165, 1.54) is 16.2 Å². The summed E-state index contributed by atoms with van der Waals surface area (Å²) < 4.78 is 0. The summed E-state index contributed by atoms with van der Waals surface area (Å²) in [6.45, 7) is 1.96. The molecule has 3 rings (SSSR count). The van der Waals surface area contributed by atoms with Crippen molar-refractivity contribution < 1.29 is 9.59 Å². The Bertz CT molecular complexity index is 777. The molecule has 1 aliphatic heterocycles. The van der Waals surface area contributed by atoms with E-state index in [1.54, 1.807) is 18.2 Å². The van der Waals surface area contributed by atoms with Crippen molar-refractivity contribution in [3.63, 3.8) is 0 Å². The first-order valence-electron chi connectivity index (χ1n) is 6.58. The zero-order valence-corrected chi connectivity index (χ0v) is 13.3. The second-order valence-electron chi connectivity index (χ2n) is 4.81. The lowest BCUT2D eigenvalue weighted by Crippen LogP contribution is -2.54. The van der Waals surface area contributed by atoms with Crippen molar-refractivity contribution in [1.29, 1.82) is 0 Å². The molecule has 2 amide bonds. The zero-order valence-electron chi connectivity index (χ0n) is 11.7. The average molecular weight is 328 g/mol. The van der Waals surface area contributed by atoms with Crippen molar-refractivity contribution >= 4 is 52.2 Å². The Hall–Kier alpha value is -2.31. The lowest BCUT2D eigenvalue weighted by atomic mass is 10.1. The fourth-order valence-electron chi connectivity index (χ4n) is 2.10. The van der Waals surface area contributed by atoms with Gasteiger partial charge in [-0.25, -0.2) is 0 Å². The Morgan fingerprint density at radius 1 is 1.18 bits per heavy atom. The van der Waals surface area contributed by atoms with Crippen molar-refractivity contribution in [3.05, 3.63) is 57.8 Å². The Kier molecular flexibility index (Phi) is 3.87. The molecular weight excluding hydrogens is 316 g/mol. The molecule has 1 aliphatic rings. The third-order valence-electron chi connectivity index (χ3n) is 3.22. The van der Waals surface area contributed by atoms with E-state index in [4.69, 9.17) is 12.2 Å². The molecule has 0 spiro atoms. The minimum atomic E-state index is -0.466. The number of rotatable bonds is 2. The van der Waals surface area contributed by atoms with E-state index < -0.39 is 11.8 Å². The van der Waals surface area contributed by atoms with Crippen molar-refractivity contribution in [2.24, 2.45) is 0 Å². The number of thiocarbonyl (C=S) groups is 1. The molecule has 110 valence electrons. The van der Waals surface area contributed by atoms with E-state index in [9.17, 15) is 9.59 Å². The minimum Gasteiger partial charge on any atom is -0.298 e. The molecule has 0 radical (unpaired) electrons. The van der Waals surface area contributed by atoms with Crippen molar-refractivity contribution in [1.82, 2.24) is 5.32 Å². The molecule has 2 aromatic rings. The fourth-order valence-corrected chi connectivity index (χ4v) is 3.04. The van der Waals surface area contributed by atoms with Gasteiger partial charge in [0, 0.05) is 4.88 Å². The van der Waals surface area contributed by atoms with Gasteiger partial charge in [-0.1, -0.05) is 23.8 Å². The van der Waals surface area contributed by atoms with Crippen LogP contribution in [0.25, 0.3) is 6.08 Å². The zero-order chi connectivity index (χ0) is 15.7. The molecule has 0 bridgehead atoms. The third-order valence-corrected chi connectivity index (χ3v) is 4.33. The van der Waals surface area contributed by atoms with E-state index in [1.807, 2.05) is 36.6 Å². The predicted octanol–water partition coefficient (Wildman–Crippen LogP) is 2.89. The van der Waals surface area contributed by atoms with Crippen LogP contribution in [0.4, 0.5) is 5.69 Å². The summed E-state index contributed by atoms with van der Waals surface area (Å²) in [5, 5.41) is 4.56. The first-order chi connectivity index (χ1) is 10.6. The molecule has 0 atom stereocenters. The van der Waals surface area contributed by atoms with Crippen LogP contribution < -0.4 is 10.2 Å². The lowest BCUT2D eigenvalue weighted by molar-refractivity contribution is -0.122. The molecule has 1 aromatic carbocycles. The van der Waals surface area contributed by atoms with Gasteiger partial charge in [-0.3, -0.25) is 19.8 Å². The number of nitrogens with one attached hydrogen (secondary N) is 1. The Balaban J connectivity index is 2.01. The summed E-state index contributed by atoms with van der Waals surface area (Å²) in [6.07, 6.45) is 1.59. The second kappa shape index (κ2) is 5.82. The Labute approximate surface area is 137 Å². The summed E-state index contributed by atoms with van der Waals surface area (Å²) in [7, 11) is 0. The van der Waals surface area contributed by atoms with Gasteiger partial charge in [-0.05, 0) is 48.8 Å². The number of anilines is 1. The largest absolute Gasteiger partial charge is 0.298 e. The molecule has 0 aliphatic carbocycles. The van der Waals surface area contributed by atoms with Crippen LogP contribution in [0.15, 0.2) is 47.4 Å². The van der Waals surface area contributed by atoms with E-state index in [0.29, 0.717) is 5.69 Å². The molecule has 1 N–H and O–H groups in total. The number of benzene rings is 1. The molecule has 22 heavy (non-hydrogen) atoms. The summed E-state index contributed by atoms with van der Waals surface area (Å²) in [6, 6.07) is 11.1. The molecule has 0 unspecified atom stereocenters. The van der Waals surface area contributed by atoms with Crippen LogP contribution in [0.5, 0.6) is 0 Å². The minimum absolute atomic E-state index is 0.0802. The molecule has 6 heteroatoms. The monoisotopic (exact) mass is 328 g/mol. The molecule has 1 aromatic heterocycles. The highest BCUT2D eigenvalue weighted by Crippen LogP contribution is 2.23. The second-order valence-corrected chi connectivity index (χ2v) is 6.17. The molecule has 0 saturated carbocycles. The van der Waals surface area contributed by atoms with Gasteiger partial charge in [0.1, 0.15) is 5.57 Å². The van der Waals surface area contributed by atoms with Gasteiger partial charge in [0.25, 0.3) is 11.8 Å². The summed E-state index contributed by atoms with van der Waals surface area (Å²) in [5.41, 5.74) is 1.80. The van der Waals surface area contributed by atoms with Crippen LogP contribution in [-0.2, 0) is 9.59 Å². The van der Waals surface area contributed by atoms with Gasteiger partial charge < -0.3 is 0 Å². The van der Waals surface area contributed by atoms with Gasteiger partial charge in [0.05, 0.1) is 5.69 Å². The summed E-state index contributed by atoms with van der Waals surface area (Å²) >= 11 is 6.61. The standard InChI is InChI=1S/C16H12N2O2S2/c1-10-4-6-11(7-5-10)18-15(20)13(14(19)17-16(18)21)9-12-3-2-8-22-12/h2-9H,1H3,(H,17,19,21). The predicted molar refractivity (Wildman–Crippen MR) is 91.7 cm³/mol. The average Bonchev–Trinajstić information content (AvgIpc) is 2.98. The van der Waals surface area contributed by atoms with Gasteiger partial charge >= 0.3 is 0 Å². The molecule has 2 heterocycles. The van der Waals surface area contributed by atoms with Gasteiger partial charge in [-0.15, -0.1) is 11.3 Å². The third kappa shape index (κ3) is 2.70. The van der Waals surface area contributed by atoms with Gasteiger partial charge in [0.15, 0.2) is 5.11 Å². The maximum Gasteiger partial charge on any atom is 0.270 e. The van der Waals surface area contributed by atoms with Crippen LogP contribution in [0.1, 0.15) is 10.4 Å². The van der Waals surface area contributed by atoms with Crippen molar-refractivity contribution in [2.75, 3.05) is 4.90 Å². The van der Waals surface area contributed by atoms with Crippen LogP contribution in [0.3, 0.4) is 0 Å². The molecule has 1 saturated heterocycles. The van der Waals surface area contributed by atoms with E-state index in [0.717, 1.165) is 10.4 Å². The lowest BCUT2D eigenvalue weighted by Gasteiger charge is -2.28. The Morgan fingerprint density at radius 2 is 1.91 bits per heavy atom. The fraction of sp³-hybridized carbons (Fsp3) is 0.0625. The highest BCUT2D eigenvalue weighted by atomic mass is 32.1. The number of thiophene rings is 1. The van der Waals surface area contributed by atoms with Crippen molar-refractivity contribution in [2.45, 2.75) is 6.92 Å². The number of carbonyl (C=O) groups is 2. The number of carbonyl (C=O) groups excluding carboxylic acids is 2. The van der Waals surface area contributed by atoms with Gasteiger partial charge in [-0.2, -0.15) is 0 Å².